The van der Waals surface area contributed by atoms with Crippen LogP contribution in [0.3, 0.4) is 0 Å². The van der Waals surface area contributed by atoms with Gasteiger partial charge >= 0.3 is 7.60 Å². The minimum absolute atomic E-state index is 0.303. The third kappa shape index (κ3) is 1.84. The lowest BCUT2D eigenvalue weighted by Gasteiger charge is -2.45. The summed E-state index contributed by atoms with van der Waals surface area (Å²) in [5.41, 5.74) is 0. The van der Waals surface area contributed by atoms with Crippen LogP contribution in [-0.4, -0.2) is 25.9 Å². The largest absolute Gasteiger partial charge is 0.381 e. The van der Waals surface area contributed by atoms with Crippen molar-refractivity contribution in [2.24, 2.45) is 10.2 Å². The first-order valence-corrected chi connectivity index (χ1v) is 9.85. The van der Waals surface area contributed by atoms with Gasteiger partial charge < -0.3 is 9.79 Å². The number of rotatable bonds is 1. The Kier molecular flexibility index (Phi) is 2.48. The standard InChI is InChI=1S/C4H11N2O3PS3/c1-3-5-6-4(10(7,8)9)13(3,2,11)12/h11-13H,1-2H3,(H2,7,8,9). The van der Waals surface area contributed by atoms with Crippen molar-refractivity contribution in [1.29, 1.82) is 0 Å². The summed E-state index contributed by atoms with van der Waals surface area (Å²) in [6.45, 7) is 1.62. The van der Waals surface area contributed by atoms with E-state index >= 15 is 0 Å². The zero-order valence-corrected chi connectivity index (χ0v) is 10.6. The molecule has 0 aromatic carbocycles. The summed E-state index contributed by atoms with van der Waals surface area (Å²) < 4.78 is 11.0. The number of hydrogen-bond acceptors (Lipinski definition) is 5. The van der Waals surface area contributed by atoms with Crippen LogP contribution in [0.4, 0.5) is 0 Å². The molecule has 0 atom stereocenters. The van der Waals surface area contributed by atoms with Crippen molar-refractivity contribution in [1.82, 2.24) is 0 Å². The van der Waals surface area contributed by atoms with E-state index in [4.69, 9.17) is 9.79 Å². The van der Waals surface area contributed by atoms with E-state index in [-0.39, 0.29) is 4.78 Å². The number of hydrogen-bond donors (Lipinski definition) is 5. The molecule has 0 spiro atoms. The second kappa shape index (κ2) is 2.77. The fourth-order valence-corrected chi connectivity index (χ4v) is 7.32. The highest BCUT2D eigenvalue weighted by molar-refractivity contribution is 9.37. The fourth-order valence-electron chi connectivity index (χ4n) is 0.846. The van der Waals surface area contributed by atoms with Crippen molar-refractivity contribution < 1.29 is 14.4 Å². The van der Waals surface area contributed by atoms with Crippen molar-refractivity contribution in [2.45, 2.75) is 6.92 Å². The molecule has 0 saturated carbocycles. The maximum atomic E-state index is 11.0. The maximum Gasteiger partial charge on any atom is 0.381 e. The Morgan fingerprint density at radius 3 is 2.00 bits per heavy atom. The fraction of sp³-hybridized carbons (Fsp3) is 0.500. The molecular weight excluding hydrogens is 251 g/mol. The van der Waals surface area contributed by atoms with Gasteiger partial charge in [-0.1, -0.05) is 0 Å². The van der Waals surface area contributed by atoms with Gasteiger partial charge in [-0.15, -0.1) is 40.7 Å². The Bertz CT molecular complexity index is 363. The Morgan fingerprint density at radius 1 is 1.38 bits per heavy atom. The first-order valence-electron chi connectivity index (χ1n) is 3.25. The van der Waals surface area contributed by atoms with Gasteiger partial charge in [0.15, 0.2) is 4.78 Å². The first kappa shape index (κ1) is 11.6. The molecular formula is C4H11N2O3PS3. The van der Waals surface area contributed by atoms with Crippen LogP contribution in [0.1, 0.15) is 6.92 Å². The van der Waals surface area contributed by atoms with E-state index < -0.39 is 14.8 Å². The third-order valence-electron chi connectivity index (χ3n) is 1.80. The molecule has 0 radical (unpaired) electrons. The molecule has 0 saturated heterocycles. The molecule has 0 aliphatic carbocycles. The van der Waals surface area contributed by atoms with Gasteiger partial charge in [0.25, 0.3) is 0 Å². The SMILES string of the molecule is CC1=NN=C(P(=O)(O)O)[SH]1(C)(S)S. The second-order valence-electron chi connectivity index (χ2n) is 3.04. The summed E-state index contributed by atoms with van der Waals surface area (Å²) in [6, 6.07) is 0. The number of thiol groups is 3. The van der Waals surface area contributed by atoms with E-state index in [9.17, 15) is 4.57 Å². The summed E-state index contributed by atoms with van der Waals surface area (Å²) in [5, 5.41) is 7.55. The molecule has 0 amide bonds. The van der Waals surface area contributed by atoms with Crippen LogP contribution in [0.2, 0.25) is 0 Å². The second-order valence-corrected chi connectivity index (χ2v) is 15.8. The van der Waals surface area contributed by atoms with Gasteiger partial charge in [0.2, 0.25) is 0 Å². The van der Waals surface area contributed by atoms with Crippen molar-refractivity contribution >= 4 is 48.0 Å². The minimum Gasteiger partial charge on any atom is -0.320 e. The molecule has 1 aliphatic rings. The van der Waals surface area contributed by atoms with Crippen LogP contribution in [0.5, 0.6) is 0 Å². The molecule has 0 unspecified atom stereocenters. The van der Waals surface area contributed by atoms with Gasteiger partial charge in [-0.25, -0.2) is 0 Å². The van der Waals surface area contributed by atoms with Gasteiger partial charge in [-0.05, 0) is 13.2 Å². The van der Waals surface area contributed by atoms with Crippen LogP contribution in [-0.2, 0) is 4.57 Å². The van der Waals surface area contributed by atoms with Gasteiger partial charge in [0.05, 0.1) is 5.04 Å². The van der Waals surface area contributed by atoms with Crippen LogP contribution in [0.25, 0.3) is 0 Å². The lowest BCUT2D eigenvalue weighted by atomic mass is 10.9. The predicted octanol–water partition coefficient (Wildman–Crippen LogP) is 1.26. The van der Waals surface area contributed by atoms with Crippen LogP contribution in [0.15, 0.2) is 10.2 Å². The Hall–Kier alpha value is 0.540. The molecule has 0 bridgehead atoms. The average Bonchev–Trinajstić information content (AvgIpc) is 2.01. The Balaban J connectivity index is 3.32. The van der Waals surface area contributed by atoms with E-state index in [0.29, 0.717) is 5.04 Å². The van der Waals surface area contributed by atoms with Crippen molar-refractivity contribution in [3.8, 4) is 0 Å². The van der Waals surface area contributed by atoms with Gasteiger partial charge in [0, 0.05) is 0 Å². The molecule has 1 aliphatic heterocycles. The normalized spacial score (nSPS) is 28.6. The highest BCUT2D eigenvalue weighted by atomic mass is 33.6. The average molecular weight is 262 g/mol. The molecule has 78 valence electrons. The molecule has 2 N–H and O–H groups in total. The van der Waals surface area contributed by atoms with Crippen LogP contribution < -0.4 is 0 Å². The molecule has 1 heterocycles. The lowest BCUT2D eigenvalue weighted by molar-refractivity contribution is 0.392. The molecule has 5 nitrogen and oxygen atoms in total. The number of nitrogens with zero attached hydrogens (tertiary/aromatic N) is 2. The maximum absolute atomic E-state index is 11.0. The third-order valence-corrected chi connectivity index (χ3v) is 11.2. The topological polar surface area (TPSA) is 82.2 Å². The van der Waals surface area contributed by atoms with Gasteiger partial charge in [-0.2, -0.15) is 0 Å². The van der Waals surface area contributed by atoms with E-state index in [0.717, 1.165) is 0 Å². The summed E-state index contributed by atoms with van der Waals surface area (Å²) in [5.74, 6) is 0. The van der Waals surface area contributed by atoms with Gasteiger partial charge in [-0.3, -0.25) is 4.57 Å². The summed E-state index contributed by atoms with van der Waals surface area (Å²) in [4.78, 5) is 17.7. The molecule has 1 rings (SSSR count). The predicted molar refractivity (Wildman–Crippen MR) is 65.5 cm³/mol. The molecule has 0 aromatic heterocycles. The van der Waals surface area contributed by atoms with E-state index in [1.807, 2.05) is 0 Å². The highest BCUT2D eigenvalue weighted by Gasteiger charge is 2.49. The van der Waals surface area contributed by atoms with Crippen molar-refractivity contribution in [3.05, 3.63) is 0 Å². The molecule has 9 heteroatoms. The quantitative estimate of drug-likeness (QED) is 0.280. The monoisotopic (exact) mass is 262 g/mol. The first-order chi connectivity index (χ1) is 5.54. The Morgan fingerprint density at radius 2 is 1.85 bits per heavy atom. The van der Waals surface area contributed by atoms with E-state index in [1.165, 1.54) is 0 Å². The highest BCUT2D eigenvalue weighted by Crippen LogP contribution is 2.83. The zero-order chi connectivity index (χ0) is 10.5. The molecule has 0 aromatic rings. The van der Waals surface area contributed by atoms with Crippen LogP contribution >= 0.6 is 38.1 Å². The Labute approximate surface area is 85.8 Å². The van der Waals surface area contributed by atoms with Crippen LogP contribution in [0, 0.1) is 0 Å². The molecule has 0 fully saturated rings. The van der Waals surface area contributed by atoms with E-state index in [1.54, 1.807) is 13.2 Å². The summed E-state index contributed by atoms with van der Waals surface area (Å²) in [7, 11) is -7.65. The van der Waals surface area contributed by atoms with Gasteiger partial charge in [0.1, 0.15) is 0 Å². The smallest absolute Gasteiger partial charge is 0.320 e. The van der Waals surface area contributed by atoms with Crippen molar-refractivity contribution in [3.63, 3.8) is 0 Å². The van der Waals surface area contributed by atoms with E-state index in [2.05, 4.69) is 33.5 Å². The summed E-state index contributed by atoms with van der Waals surface area (Å²) in [6.07, 6.45) is 1.57. The zero-order valence-electron chi connectivity index (χ0n) is 6.99. The molecule has 13 heavy (non-hydrogen) atoms. The van der Waals surface area contributed by atoms with Crippen molar-refractivity contribution in [2.75, 3.05) is 6.26 Å². The lowest BCUT2D eigenvalue weighted by Crippen LogP contribution is -2.18. The summed E-state index contributed by atoms with van der Waals surface area (Å²) >= 11 is 8.46. The minimum atomic E-state index is -4.40.